The van der Waals surface area contributed by atoms with Crippen LogP contribution in [0.25, 0.3) is 11.0 Å². The Labute approximate surface area is 239 Å². The molecule has 1 aromatic heterocycles. The first-order valence-corrected chi connectivity index (χ1v) is 16.2. The summed E-state index contributed by atoms with van der Waals surface area (Å²) in [6.45, 7) is 10.5. The molecule has 3 aromatic rings. The van der Waals surface area contributed by atoms with Crippen LogP contribution in [0.2, 0.25) is 0 Å². The third-order valence-electron chi connectivity index (χ3n) is 8.06. The van der Waals surface area contributed by atoms with Gasteiger partial charge in [-0.15, -0.1) is 0 Å². The summed E-state index contributed by atoms with van der Waals surface area (Å²) in [5, 5.41) is 0. The van der Waals surface area contributed by atoms with Crippen molar-refractivity contribution in [3.8, 4) is 5.75 Å². The van der Waals surface area contributed by atoms with Gasteiger partial charge in [-0.05, 0) is 41.7 Å². The minimum Gasteiger partial charge on any atom is -0.486 e. The van der Waals surface area contributed by atoms with E-state index >= 15 is 0 Å². The maximum absolute atomic E-state index is 6.18. The predicted octanol–water partition coefficient (Wildman–Crippen LogP) is 11.2. The van der Waals surface area contributed by atoms with Gasteiger partial charge in [-0.1, -0.05) is 148 Å². The molecule has 0 saturated carbocycles. The van der Waals surface area contributed by atoms with Gasteiger partial charge in [-0.25, -0.2) is 4.98 Å². The molecule has 3 rings (SSSR count). The van der Waals surface area contributed by atoms with Crippen LogP contribution >= 0.6 is 0 Å². The van der Waals surface area contributed by atoms with E-state index in [0.29, 0.717) is 6.61 Å². The fraction of sp³-hybridized carbons (Fsp3) is 0.639. The van der Waals surface area contributed by atoms with Crippen LogP contribution in [0.4, 0.5) is 0 Å². The maximum Gasteiger partial charge on any atom is 0.147 e. The van der Waals surface area contributed by atoms with Crippen LogP contribution in [0.5, 0.6) is 5.75 Å². The normalized spacial score (nSPS) is 11.9. The first-order chi connectivity index (χ1) is 19.0. The summed E-state index contributed by atoms with van der Waals surface area (Å²) in [5.74, 6) is 1.93. The maximum atomic E-state index is 6.18. The summed E-state index contributed by atoms with van der Waals surface area (Å²) >= 11 is 0. The summed E-state index contributed by atoms with van der Waals surface area (Å²) in [5.41, 5.74) is 3.76. The third kappa shape index (κ3) is 11.4. The number of hydrogen-bond acceptors (Lipinski definition) is 2. The molecule has 216 valence electrons. The summed E-state index contributed by atoms with van der Waals surface area (Å²) in [7, 11) is 0. The van der Waals surface area contributed by atoms with Crippen LogP contribution < -0.4 is 4.74 Å². The second-order valence-corrected chi connectivity index (χ2v) is 12.5. The van der Waals surface area contributed by atoms with Gasteiger partial charge in [0.1, 0.15) is 18.2 Å². The lowest BCUT2D eigenvalue weighted by Gasteiger charge is -2.19. The minimum absolute atomic E-state index is 0.152. The summed E-state index contributed by atoms with van der Waals surface area (Å²) in [6.07, 6.45) is 22.4. The molecule has 0 aliphatic rings. The zero-order chi connectivity index (χ0) is 27.8. The average molecular weight is 533 g/mol. The Balaban J connectivity index is 1.31. The molecule has 0 spiro atoms. The molecule has 0 bridgehead atoms. The standard InChI is InChI=1S/C36H56N2O/c1-5-6-7-8-9-10-11-12-13-14-15-16-17-18-19-22-29-38-34-24-21-20-23-33(34)37-35(38)30-39-32-27-25-31(26-28-32)36(2,3)4/h20-21,23-28H,5-19,22,29-30H2,1-4H3. The molecule has 0 N–H and O–H groups in total. The smallest absolute Gasteiger partial charge is 0.147 e. The van der Waals surface area contributed by atoms with E-state index in [-0.39, 0.29) is 5.41 Å². The van der Waals surface area contributed by atoms with Gasteiger partial charge in [0.25, 0.3) is 0 Å². The molecule has 0 amide bonds. The molecule has 2 aromatic carbocycles. The Morgan fingerprint density at radius 2 is 1.15 bits per heavy atom. The molecular formula is C36H56N2O. The molecule has 3 nitrogen and oxygen atoms in total. The number of fused-ring (bicyclic) bond motifs is 1. The van der Waals surface area contributed by atoms with Crippen LogP contribution in [-0.4, -0.2) is 9.55 Å². The summed E-state index contributed by atoms with van der Waals surface area (Å²) in [4.78, 5) is 4.91. The van der Waals surface area contributed by atoms with E-state index in [2.05, 4.69) is 80.8 Å². The number of para-hydroxylation sites is 2. The molecule has 3 heteroatoms. The van der Waals surface area contributed by atoms with Crippen molar-refractivity contribution >= 4 is 11.0 Å². The van der Waals surface area contributed by atoms with Crippen molar-refractivity contribution in [2.24, 2.45) is 0 Å². The lowest BCUT2D eigenvalue weighted by molar-refractivity contribution is 0.289. The first kappa shape index (κ1) is 31.2. The highest BCUT2D eigenvalue weighted by Gasteiger charge is 2.14. The Bertz CT molecular complexity index is 1040. The molecular weight excluding hydrogens is 476 g/mol. The molecule has 39 heavy (non-hydrogen) atoms. The number of hydrogen-bond donors (Lipinski definition) is 0. The molecule has 0 fully saturated rings. The molecule has 1 heterocycles. The number of ether oxygens (including phenoxy) is 1. The van der Waals surface area contributed by atoms with Crippen LogP contribution in [0.1, 0.15) is 142 Å². The van der Waals surface area contributed by atoms with Gasteiger partial charge < -0.3 is 9.30 Å². The lowest BCUT2D eigenvalue weighted by atomic mass is 9.87. The number of imidazole rings is 1. The van der Waals surface area contributed by atoms with Crippen LogP contribution in [-0.2, 0) is 18.6 Å². The Morgan fingerprint density at radius 1 is 0.641 bits per heavy atom. The number of nitrogens with zero attached hydrogens (tertiary/aromatic N) is 2. The number of aryl methyl sites for hydroxylation is 1. The van der Waals surface area contributed by atoms with Crippen molar-refractivity contribution in [1.82, 2.24) is 9.55 Å². The average Bonchev–Trinajstić information content (AvgIpc) is 3.28. The highest BCUT2D eigenvalue weighted by Crippen LogP contribution is 2.25. The van der Waals surface area contributed by atoms with Gasteiger partial charge >= 0.3 is 0 Å². The van der Waals surface area contributed by atoms with Gasteiger partial charge in [0.15, 0.2) is 0 Å². The number of rotatable bonds is 20. The fourth-order valence-corrected chi connectivity index (χ4v) is 5.50. The Hall–Kier alpha value is -2.29. The molecule has 0 radical (unpaired) electrons. The number of benzene rings is 2. The van der Waals surface area contributed by atoms with Gasteiger partial charge in [-0.3, -0.25) is 0 Å². The lowest BCUT2D eigenvalue weighted by Crippen LogP contribution is -2.11. The van der Waals surface area contributed by atoms with Crippen LogP contribution in [0.15, 0.2) is 48.5 Å². The van der Waals surface area contributed by atoms with E-state index < -0.39 is 0 Å². The topological polar surface area (TPSA) is 27.1 Å². The van der Waals surface area contributed by atoms with Crippen molar-refractivity contribution in [2.75, 3.05) is 0 Å². The Kier molecular flexibility index (Phi) is 13.9. The fourth-order valence-electron chi connectivity index (χ4n) is 5.50. The first-order valence-electron chi connectivity index (χ1n) is 16.2. The van der Waals surface area contributed by atoms with Crippen molar-refractivity contribution in [3.63, 3.8) is 0 Å². The molecule has 0 unspecified atom stereocenters. The Morgan fingerprint density at radius 3 is 1.69 bits per heavy atom. The van der Waals surface area contributed by atoms with Crippen molar-refractivity contribution in [2.45, 2.75) is 149 Å². The highest BCUT2D eigenvalue weighted by molar-refractivity contribution is 5.75. The predicted molar refractivity (Wildman–Crippen MR) is 169 cm³/mol. The van der Waals surface area contributed by atoms with E-state index in [9.17, 15) is 0 Å². The minimum atomic E-state index is 0.152. The van der Waals surface area contributed by atoms with Crippen LogP contribution in [0, 0.1) is 0 Å². The van der Waals surface area contributed by atoms with Gasteiger partial charge in [0, 0.05) is 6.54 Å². The SMILES string of the molecule is CCCCCCCCCCCCCCCCCCn1c(COc2ccc(C(C)(C)C)cc2)nc2ccccc21. The monoisotopic (exact) mass is 532 g/mol. The molecule has 0 aliphatic heterocycles. The number of aromatic nitrogens is 2. The van der Waals surface area contributed by atoms with Crippen molar-refractivity contribution < 1.29 is 4.74 Å². The largest absolute Gasteiger partial charge is 0.486 e. The van der Waals surface area contributed by atoms with E-state index in [4.69, 9.17) is 9.72 Å². The quantitative estimate of drug-likeness (QED) is 0.135. The zero-order valence-electron chi connectivity index (χ0n) is 25.6. The molecule has 0 atom stereocenters. The summed E-state index contributed by atoms with van der Waals surface area (Å²) < 4.78 is 8.56. The van der Waals surface area contributed by atoms with Gasteiger partial charge in [-0.2, -0.15) is 0 Å². The highest BCUT2D eigenvalue weighted by atomic mass is 16.5. The van der Waals surface area contributed by atoms with Crippen LogP contribution in [0.3, 0.4) is 0 Å². The summed E-state index contributed by atoms with van der Waals surface area (Å²) in [6, 6.07) is 17.0. The second-order valence-electron chi connectivity index (χ2n) is 12.5. The van der Waals surface area contributed by atoms with Crippen molar-refractivity contribution in [1.29, 1.82) is 0 Å². The van der Waals surface area contributed by atoms with E-state index in [1.165, 1.54) is 114 Å². The van der Waals surface area contributed by atoms with Crippen molar-refractivity contribution in [3.05, 3.63) is 59.9 Å². The third-order valence-corrected chi connectivity index (χ3v) is 8.06. The zero-order valence-corrected chi connectivity index (χ0v) is 25.6. The van der Waals surface area contributed by atoms with E-state index in [1.807, 2.05) is 0 Å². The number of unbranched alkanes of at least 4 members (excludes halogenated alkanes) is 15. The van der Waals surface area contributed by atoms with Gasteiger partial charge in [0.2, 0.25) is 0 Å². The molecule has 0 aliphatic carbocycles. The van der Waals surface area contributed by atoms with Gasteiger partial charge in [0.05, 0.1) is 11.0 Å². The second kappa shape index (κ2) is 17.4. The molecule has 0 saturated heterocycles. The van der Waals surface area contributed by atoms with E-state index in [0.717, 1.165) is 23.6 Å². The van der Waals surface area contributed by atoms with E-state index in [1.54, 1.807) is 0 Å².